The van der Waals surface area contributed by atoms with Gasteiger partial charge in [0.15, 0.2) is 0 Å². The lowest BCUT2D eigenvalue weighted by Crippen LogP contribution is -2.02. The number of rotatable bonds is 3. The van der Waals surface area contributed by atoms with E-state index < -0.39 is 12.4 Å². The molecule has 71 valence electrons. The van der Waals surface area contributed by atoms with Gasteiger partial charge in [-0.2, -0.15) is 8.78 Å². The molecule has 0 spiro atoms. The second-order valence-corrected chi connectivity index (χ2v) is 2.38. The molecule has 0 aromatic heterocycles. The molecule has 0 saturated heterocycles. The van der Waals surface area contributed by atoms with Gasteiger partial charge >= 0.3 is 6.61 Å². The van der Waals surface area contributed by atoms with Gasteiger partial charge in [-0.1, -0.05) is 0 Å². The van der Waals surface area contributed by atoms with Crippen molar-refractivity contribution in [1.29, 1.82) is 0 Å². The van der Waals surface area contributed by atoms with Gasteiger partial charge in [0.2, 0.25) is 0 Å². The summed E-state index contributed by atoms with van der Waals surface area (Å²) in [6.07, 6.45) is 0.201. The van der Waals surface area contributed by atoms with Crippen LogP contribution in [0.2, 0.25) is 0 Å². The minimum Gasteiger partial charge on any atom is -0.435 e. The van der Waals surface area contributed by atoms with Crippen molar-refractivity contribution in [2.45, 2.75) is 13.0 Å². The van der Waals surface area contributed by atoms with Gasteiger partial charge in [-0.15, -0.1) is 0 Å². The van der Waals surface area contributed by atoms with E-state index >= 15 is 0 Å². The lowest BCUT2D eigenvalue weighted by molar-refractivity contribution is -0.0499. The predicted octanol–water partition coefficient (Wildman–Crippen LogP) is 2.80. The first-order valence-electron chi connectivity index (χ1n) is 3.66. The number of benzene rings is 1. The van der Waals surface area contributed by atoms with E-state index in [-0.39, 0.29) is 17.7 Å². The number of ether oxygens (including phenoxy) is 1. The highest BCUT2D eigenvalue weighted by Gasteiger charge is 2.06. The summed E-state index contributed by atoms with van der Waals surface area (Å²) < 4.78 is 40.4. The third kappa shape index (κ3) is 2.65. The van der Waals surface area contributed by atoms with Crippen molar-refractivity contribution in [2.24, 2.45) is 0 Å². The molecule has 0 amide bonds. The lowest BCUT2D eigenvalue weighted by atomic mass is 10.1. The van der Waals surface area contributed by atoms with E-state index in [1.165, 1.54) is 6.07 Å². The van der Waals surface area contributed by atoms with E-state index in [0.717, 1.165) is 12.1 Å². The topological polar surface area (TPSA) is 9.23 Å². The molecule has 1 nitrogen and oxygen atoms in total. The Labute approximate surface area is 74.1 Å². The Morgan fingerprint density at radius 2 is 2.08 bits per heavy atom. The fourth-order valence-corrected chi connectivity index (χ4v) is 0.919. The third-order valence-corrected chi connectivity index (χ3v) is 1.51. The molecular formula is C9H8F3O. The van der Waals surface area contributed by atoms with Gasteiger partial charge in [0.25, 0.3) is 0 Å². The smallest absolute Gasteiger partial charge is 0.387 e. The summed E-state index contributed by atoms with van der Waals surface area (Å²) in [5.41, 5.74) is 0.262. The molecule has 0 saturated carbocycles. The first-order chi connectivity index (χ1) is 6.13. The van der Waals surface area contributed by atoms with Gasteiger partial charge < -0.3 is 4.74 Å². The monoisotopic (exact) mass is 189 g/mol. The van der Waals surface area contributed by atoms with Crippen molar-refractivity contribution < 1.29 is 17.9 Å². The summed E-state index contributed by atoms with van der Waals surface area (Å²) in [6.45, 7) is 0.568. The number of halogens is 3. The Morgan fingerprint density at radius 3 is 2.62 bits per heavy atom. The highest BCUT2D eigenvalue weighted by Crippen LogP contribution is 2.18. The van der Waals surface area contributed by atoms with E-state index in [9.17, 15) is 13.2 Å². The van der Waals surface area contributed by atoms with E-state index in [1.54, 1.807) is 0 Å². The summed E-state index contributed by atoms with van der Waals surface area (Å²) in [5.74, 6) is -0.508. The van der Waals surface area contributed by atoms with Gasteiger partial charge in [0, 0.05) is 0 Å². The van der Waals surface area contributed by atoms with Crippen LogP contribution < -0.4 is 4.74 Å². The molecule has 0 fully saturated rings. The van der Waals surface area contributed by atoms with Crippen molar-refractivity contribution in [3.63, 3.8) is 0 Å². The van der Waals surface area contributed by atoms with Gasteiger partial charge in [-0.25, -0.2) is 4.39 Å². The molecule has 1 aromatic carbocycles. The molecule has 1 aromatic rings. The Hall–Kier alpha value is -1.19. The summed E-state index contributed by atoms with van der Waals surface area (Å²) >= 11 is 0. The van der Waals surface area contributed by atoms with Crippen LogP contribution in [0.25, 0.3) is 0 Å². The van der Waals surface area contributed by atoms with Crippen LogP contribution in [0.5, 0.6) is 5.75 Å². The predicted molar refractivity (Wildman–Crippen MR) is 42.1 cm³/mol. The molecule has 1 radical (unpaired) electrons. The van der Waals surface area contributed by atoms with Crippen LogP contribution in [0.3, 0.4) is 0 Å². The average Bonchev–Trinajstić information content (AvgIpc) is 2.07. The standard InChI is InChI=1S/C9H8F3O/c1-2-6-5-7(13-9(11)12)3-4-8(6)10/h3-5,9H,1-2H2. The maximum atomic E-state index is 12.8. The molecule has 1 rings (SSSR count). The van der Waals surface area contributed by atoms with Crippen LogP contribution in [0.1, 0.15) is 5.56 Å². The molecular weight excluding hydrogens is 181 g/mol. The van der Waals surface area contributed by atoms with Crippen LogP contribution in [0, 0.1) is 12.7 Å². The van der Waals surface area contributed by atoms with Gasteiger partial charge in [0.05, 0.1) is 0 Å². The maximum Gasteiger partial charge on any atom is 0.387 e. The average molecular weight is 189 g/mol. The summed E-state index contributed by atoms with van der Waals surface area (Å²) in [7, 11) is 0. The van der Waals surface area contributed by atoms with E-state index in [2.05, 4.69) is 11.7 Å². The third-order valence-electron chi connectivity index (χ3n) is 1.51. The number of hydrogen-bond acceptors (Lipinski definition) is 1. The van der Waals surface area contributed by atoms with Crippen molar-refractivity contribution >= 4 is 0 Å². The zero-order valence-corrected chi connectivity index (χ0v) is 6.77. The molecule has 0 N–H and O–H groups in total. The molecule has 0 heterocycles. The van der Waals surface area contributed by atoms with Crippen molar-refractivity contribution in [3.8, 4) is 5.75 Å². The Morgan fingerprint density at radius 1 is 1.38 bits per heavy atom. The van der Waals surface area contributed by atoms with Crippen molar-refractivity contribution in [2.75, 3.05) is 0 Å². The van der Waals surface area contributed by atoms with Crippen LogP contribution in [-0.2, 0) is 6.42 Å². The second kappa shape index (κ2) is 4.16. The fraction of sp³-hybridized carbons (Fsp3) is 0.222. The molecule has 4 heteroatoms. The summed E-state index contributed by atoms with van der Waals surface area (Å²) in [6, 6.07) is 3.45. The molecule has 0 unspecified atom stereocenters. The van der Waals surface area contributed by atoms with Gasteiger partial charge in [-0.05, 0) is 37.1 Å². The van der Waals surface area contributed by atoms with E-state index in [4.69, 9.17) is 0 Å². The first kappa shape index (κ1) is 9.89. The maximum absolute atomic E-state index is 12.8. The lowest BCUT2D eigenvalue weighted by Gasteiger charge is -2.06. The summed E-state index contributed by atoms with van der Waals surface area (Å²) in [4.78, 5) is 0. The minimum atomic E-state index is -2.89. The first-order valence-corrected chi connectivity index (χ1v) is 3.66. The molecule has 0 bridgehead atoms. The Balaban J connectivity index is 2.86. The summed E-state index contributed by atoms with van der Waals surface area (Å²) in [5, 5.41) is 0. The largest absolute Gasteiger partial charge is 0.435 e. The van der Waals surface area contributed by atoms with Crippen LogP contribution >= 0.6 is 0 Å². The van der Waals surface area contributed by atoms with Gasteiger partial charge in [0.1, 0.15) is 11.6 Å². The number of alkyl halides is 2. The fourth-order valence-electron chi connectivity index (χ4n) is 0.919. The molecule has 13 heavy (non-hydrogen) atoms. The Kier molecular flexibility index (Phi) is 3.17. The molecule has 0 aliphatic heterocycles. The molecule has 0 aliphatic carbocycles. The normalized spacial score (nSPS) is 10.5. The SMILES string of the molecule is [CH2]Cc1cc(OC(F)F)ccc1F. The van der Waals surface area contributed by atoms with Crippen molar-refractivity contribution in [1.82, 2.24) is 0 Å². The van der Waals surface area contributed by atoms with Crippen LogP contribution in [0.15, 0.2) is 18.2 Å². The highest BCUT2D eigenvalue weighted by molar-refractivity contribution is 5.30. The Bertz CT molecular complexity index is 286. The zero-order chi connectivity index (χ0) is 9.84. The quantitative estimate of drug-likeness (QED) is 0.710. The molecule has 0 aliphatic rings. The second-order valence-electron chi connectivity index (χ2n) is 2.38. The van der Waals surface area contributed by atoms with Gasteiger partial charge in [-0.3, -0.25) is 0 Å². The minimum absolute atomic E-state index is 0.0462. The van der Waals surface area contributed by atoms with E-state index in [0.29, 0.717) is 0 Å². The zero-order valence-electron chi connectivity index (χ0n) is 6.77. The van der Waals surface area contributed by atoms with Crippen LogP contribution in [0.4, 0.5) is 13.2 Å². The molecule has 0 atom stereocenters. The van der Waals surface area contributed by atoms with Crippen LogP contribution in [-0.4, -0.2) is 6.61 Å². The highest BCUT2D eigenvalue weighted by atomic mass is 19.3. The van der Waals surface area contributed by atoms with Crippen molar-refractivity contribution in [3.05, 3.63) is 36.5 Å². The van der Waals surface area contributed by atoms with E-state index in [1.807, 2.05) is 0 Å². The number of hydrogen-bond donors (Lipinski definition) is 0.